The van der Waals surface area contributed by atoms with E-state index in [1.54, 1.807) is 0 Å². The third-order valence-corrected chi connectivity index (χ3v) is 4.47. The van der Waals surface area contributed by atoms with Crippen molar-refractivity contribution in [2.24, 2.45) is 0 Å². The number of carbonyl (C=O) groups excluding carboxylic acids is 1. The molecule has 138 valence electrons. The molecule has 1 aromatic rings. The van der Waals surface area contributed by atoms with Gasteiger partial charge in [0.05, 0.1) is 6.04 Å². The SMILES string of the molecule is CC(C)N(CCNC(=O)c1ccn(C2CCCNC2)n1)C(C)C.Cl. The normalized spacial score (nSPS) is 18.0. The van der Waals surface area contributed by atoms with Crippen LogP contribution in [0.3, 0.4) is 0 Å². The topological polar surface area (TPSA) is 62.2 Å². The van der Waals surface area contributed by atoms with E-state index in [4.69, 9.17) is 0 Å². The number of rotatable bonds is 7. The summed E-state index contributed by atoms with van der Waals surface area (Å²) in [5.74, 6) is -0.0834. The maximum Gasteiger partial charge on any atom is 0.271 e. The Morgan fingerprint density at radius 1 is 1.42 bits per heavy atom. The van der Waals surface area contributed by atoms with Gasteiger partial charge in [0.2, 0.25) is 0 Å². The van der Waals surface area contributed by atoms with Crippen molar-refractivity contribution in [3.63, 3.8) is 0 Å². The van der Waals surface area contributed by atoms with Gasteiger partial charge in [0.1, 0.15) is 5.69 Å². The second-order valence-electron chi connectivity index (χ2n) is 6.86. The number of halogens is 1. The van der Waals surface area contributed by atoms with E-state index in [2.05, 4.69) is 48.3 Å². The number of aromatic nitrogens is 2. The number of hydrogen-bond acceptors (Lipinski definition) is 4. The van der Waals surface area contributed by atoms with Crippen molar-refractivity contribution in [2.45, 2.75) is 58.7 Å². The molecule has 1 saturated heterocycles. The summed E-state index contributed by atoms with van der Waals surface area (Å²) >= 11 is 0. The Morgan fingerprint density at radius 2 is 2.12 bits per heavy atom. The van der Waals surface area contributed by atoms with Crippen molar-refractivity contribution in [1.29, 1.82) is 0 Å². The zero-order valence-corrected chi connectivity index (χ0v) is 16.1. The highest BCUT2D eigenvalue weighted by molar-refractivity contribution is 5.92. The molecule has 1 aliphatic heterocycles. The fourth-order valence-corrected chi connectivity index (χ4v) is 3.22. The Kier molecular flexibility index (Phi) is 8.73. The summed E-state index contributed by atoms with van der Waals surface area (Å²) in [5.41, 5.74) is 0.510. The monoisotopic (exact) mass is 357 g/mol. The van der Waals surface area contributed by atoms with E-state index in [0.717, 1.165) is 32.5 Å². The summed E-state index contributed by atoms with van der Waals surface area (Å²) in [5, 5.41) is 10.8. The van der Waals surface area contributed by atoms with Gasteiger partial charge in [-0.1, -0.05) is 0 Å². The first-order chi connectivity index (χ1) is 11.0. The van der Waals surface area contributed by atoms with E-state index >= 15 is 0 Å². The first kappa shape index (κ1) is 20.9. The van der Waals surface area contributed by atoms with Gasteiger partial charge < -0.3 is 10.6 Å². The summed E-state index contributed by atoms with van der Waals surface area (Å²) in [6, 6.07) is 3.13. The van der Waals surface area contributed by atoms with Crippen LogP contribution >= 0.6 is 12.4 Å². The van der Waals surface area contributed by atoms with Crippen LogP contribution in [0.15, 0.2) is 12.3 Å². The van der Waals surface area contributed by atoms with Crippen LogP contribution in [-0.4, -0.2) is 58.9 Å². The Morgan fingerprint density at radius 3 is 2.71 bits per heavy atom. The molecule has 2 heterocycles. The van der Waals surface area contributed by atoms with Crippen LogP contribution in [0.2, 0.25) is 0 Å². The van der Waals surface area contributed by atoms with E-state index in [-0.39, 0.29) is 18.3 Å². The molecule has 0 aliphatic carbocycles. The van der Waals surface area contributed by atoms with Gasteiger partial charge in [-0.25, -0.2) is 0 Å². The average Bonchev–Trinajstić information content (AvgIpc) is 3.01. The number of hydrogen-bond donors (Lipinski definition) is 2. The molecule has 1 aromatic heterocycles. The van der Waals surface area contributed by atoms with Crippen molar-refractivity contribution in [1.82, 2.24) is 25.3 Å². The molecule has 1 aliphatic rings. The van der Waals surface area contributed by atoms with Crippen molar-refractivity contribution in [3.8, 4) is 0 Å². The van der Waals surface area contributed by atoms with Gasteiger partial charge in [0.25, 0.3) is 5.91 Å². The molecule has 1 atom stereocenters. The molecular formula is C17H32ClN5O. The third kappa shape index (κ3) is 5.76. The lowest BCUT2D eigenvalue weighted by atomic mass is 10.1. The van der Waals surface area contributed by atoms with Crippen LogP contribution in [0.5, 0.6) is 0 Å². The molecule has 2 N–H and O–H groups in total. The van der Waals surface area contributed by atoms with E-state index in [1.807, 2.05) is 16.9 Å². The van der Waals surface area contributed by atoms with Gasteiger partial charge in [0, 0.05) is 37.9 Å². The summed E-state index contributed by atoms with van der Waals surface area (Å²) in [6.07, 6.45) is 4.20. The standard InChI is InChI=1S/C17H31N5O.ClH/c1-13(2)21(14(3)4)11-9-19-17(23)16-7-10-22(20-16)15-6-5-8-18-12-15;/h7,10,13-15,18H,5-6,8-9,11-12H2,1-4H3,(H,19,23);1H. The maximum atomic E-state index is 12.2. The first-order valence-corrected chi connectivity index (χ1v) is 8.79. The highest BCUT2D eigenvalue weighted by Crippen LogP contribution is 2.15. The number of nitrogens with zero attached hydrogens (tertiary/aromatic N) is 3. The minimum Gasteiger partial charge on any atom is -0.349 e. The van der Waals surface area contributed by atoms with Crippen LogP contribution < -0.4 is 10.6 Å². The van der Waals surface area contributed by atoms with Gasteiger partial charge in [-0.3, -0.25) is 14.4 Å². The summed E-state index contributed by atoms with van der Waals surface area (Å²) in [7, 11) is 0. The molecule has 1 unspecified atom stereocenters. The second kappa shape index (κ2) is 10.0. The van der Waals surface area contributed by atoms with Crippen molar-refractivity contribution in [3.05, 3.63) is 18.0 Å². The number of piperidine rings is 1. The summed E-state index contributed by atoms with van der Waals surface area (Å²) in [4.78, 5) is 14.6. The Balaban J connectivity index is 0.00000288. The molecule has 0 bridgehead atoms. The molecule has 0 saturated carbocycles. The van der Waals surface area contributed by atoms with Gasteiger partial charge in [-0.2, -0.15) is 5.10 Å². The van der Waals surface area contributed by atoms with Crippen LogP contribution in [0, 0.1) is 0 Å². The van der Waals surface area contributed by atoms with Crippen molar-refractivity contribution in [2.75, 3.05) is 26.2 Å². The minimum absolute atomic E-state index is 0. The minimum atomic E-state index is -0.0834. The maximum absolute atomic E-state index is 12.2. The van der Waals surface area contributed by atoms with E-state index < -0.39 is 0 Å². The number of nitrogens with one attached hydrogen (secondary N) is 2. The van der Waals surface area contributed by atoms with E-state index in [0.29, 0.717) is 30.4 Å². The quantitative estimate of drug-likeness (QED) is 0.784. The lowest BCUT2D eigenvalue weighted by molar-refractivity contribution is 0.0933. The largest absolute Gasteiger partial charge is 0.349 e. The smallest absolute Gasteiger partial charge is 0.271 e. The molecule has 6 nitrogen and oxygen atoms in total. The van der Waals surface area contributed by atoms with Crippen LogP contribution in [0.25, 0.3) is 0 Å². The second-order valence-corrected chi connectivity index (χ2v) is 6.86. The Hall–Kier alpha value is -1.11. The molecule has 2 rings (SSSR count). The zero-order chi connectivity index (χ0) is 16.8. The van der Waals surface area contributed by atoms with Crippen LogP contribution in [0.4, 0.5) is 0 Å². The van der Waals surface area contributed by atoms with E-state index in [1.165, 1.54) is 0 Å². The number of carbonyl (C=O) groups is 1. The van der Waals surface area contributed by atoms with Crippen molar-refractivity contribution < 1.29 is 4.79 Å². The molecule has 24 heavy (non-hydrogen) atoms. The summed E-state index contributed by atoms with van der Waals surface area (Å²) in [6.45, 7) is 12.2. The van der Waals surface area contributed by atoms with Gasteiger partial charge in [-0.05, 0) is 53.1 Å². The van der Waals surface area contributed by atoms with Crippen LogP contribution in [-0.2, 0) is 0 Å². The Bertz CT molecular complexity index is 489. The fourth-order valence-electron chi connectivity index (χ4n) is 3.22. The first-order valence-electron chi connectivity index (χ1n) is 8.79. The summed E-state index contributed by atoms with van der Waals surface area (Å²) < 4.78 is 1.93. The lowest BCUT2D eigenvalue weighted by Gasteiger charge is -2.30. The lowest BCUT2D eigenvalue weighted by Crippen LogP contribution is -2.42. The molecular weight excluding hydrogens is 326 g/mol. The van der Waals surface area contributed by atoms with Crippen molar-refractivity contribution >= 4 is 18.3 Å². The third-order valence-electron chi connectivity index (χ3n) is 4.47. The molecule has 0 aromatic carbocycles. The molecule has 1 fully saturated rings. The van der Waals surface area contributed by atoms with Gasteiger partial charge in [0.15, 0.2) is 0 Å². The molecule has 1 amide bonds. The molecule has 0 spiro atoms. The molecule has 0 radical (unpaired) electrons. The molecule has 7 heteroatoms. The highest BCUT2D eigenvalue weighted by Gasteiger charge is 2.18. The average molecular weight is 358 g/mol. The highest BCUT2D eigenvalue weighted by atomic mass is 35.5. The van der Waals surface area contributed by atoms with Gasteiger partial charge >= 0.3 is 0 Å². The van der Waals surface area contributed by atoms with Gasteiger partial charge in [-0.15, -0.1) is 12.4 Å². The zero-order valence-electron chi connectivity index (χ0n) is 15.3. The fraction of sp³-hybridized carbons (Fsp3) is 0.765. The predicted molar refractivity (Wildman–Crippen MR) is 99.9 cm³/mol. The van der Waals surface area contributed by atoms with Crippen LogP contribution in [0.1, 0.15) is 57.1 Å². The number of amides is 1. The Labute approximate surface area is 151 Å². The predicted octanol–water partition coefficient (Wildman–Crippen LogP) is 2.08. The van der Waals surface area contributed by atoms with E-state index in [9.17, 15) is 4.79 Å².